The van der Waals surface area contributed by atoms with Crippen molar-refractivity contribution in [2.75, 3.05) is 4.90 Å². The van der Waals surface area contributed by atoms with Crippen LogP contribution in [0.4, 0.5) is 5.69 Å². The number of carbonyl (C=O) groups is 4. The maximum absolute atomic E-state index is 13.8. The normalized spacial score (nSPS) is 27.1. The van der Waals surface area contributed by atoms with Gasteiger partial charge in [-0.05, 0) is 96.3 Å². The number of benzene rings is 2. The van der Waals surface area contributed by atoms with Crippen LogP contribution >= 0.6 is 34.2 Å². The largest absolute Gasteiger partial charge is 0.508 e. The molecule has 3 aliphatic carbocycles. The van der Waals surface area contributed by atoms with Crippen LogP contribution in [0.1, 0.15) is 31.2 Å². The molecule has 0 bridgehead atoms. The van der Waals surface area contributed by atoms with Crippen molar-refractivity contribution in [2.45, 2.75) is 25.7 Å². The summed E-state index contributed by atoms with van der Waals surface area (Å²) in [4.78, 5) is 55.2. The van der Waals surface area contributed by atoms with E-state index in [1.807, 2.05) is 18.2 Å². The first-order valence-electron chi connectivity index (χ1n) is 12.0. The van der Waals surface area contributed by atoms with Gasteiger partial charge in [-0.3, -0.25) is 24.1 Å². The zero-order chi connectivity index (χ0) is 26.2. The van der Waals surface area contributed by atoms with Crippen LogP contribution in [-0.2, 0) is 19.2 Å². The molecule has 0 saturated carbocycles. The summed E-state index contributed by atoms with van der Waals surface area (Å²) in [6.45, 7) is 1.62. The van der Waals surface area contributed by atoms with E-state index in [9.17, 15) is 24.3 Å². The number of hydrogen-bond acceptors (Lipinski definition) is 5. The molecule has 1 saturated heterocycles. The molecule has 2 amide bonds. The van der Waals surface area contributed by atoms with E-state index in [0.717, 1.165) is 9.14 Å². The number of imide groups is 1. The van der Waals surface area contributed by atoms with Gasteiger partial charge in [0.05, 0.1) is 17.5 Å². The zero-order valence-corrected chi connectivity index (χ0v) is 22.6. The average Bonchev–Trinajstić information content (AvgIpc) is 3.12. The highest BCUT2D eigenvalue weighted by molar-refractivity contribution is 14.1. The van der Waals surface area contributed by atoms with E-state index >= 15 is 0 Å². The second kappa shape index (κ2) is 8.77. The molecule has 0 radical (unpaired) electrons. The fourth-order valence-electron chi connectivity index (χ4n) is 6.31. The minimum atomic E-state index is -0.644. The zero-order valence-electron chi connectivity index (χ0n) is 19.7. The van der Waals surface area contributed by atoms with E-state index in [4.69, 9.17) is 11.6 Å². The lowest BCUT2D eigenvalue weighted by Crippen LogP contribution is -2.39. The Balaban J connectivity index is 1.50. The van der Waals surface area contributed by atoms with Crippen molar-refractivity contribution in [3.8, 4) is 5.75 Å². The summed E-state index contributed by atoms with van der Waals surface area (Å²) in [5.41, 5.74) is 3.05. The lowest BCUT2D eigenvalue weighted by molar-refractivity contribution is -0.123. The van der Waals surface area contributed by atoms with Crippen LogP contribution in [0.2, 0.25) is 5.02 Å². The van der Waals surface area contributed by atoms with Crippen molar-refractivity contribution in [1.82, 2.24) is 0 Å². The number of anilines is 1. The van der Waals surface area contributed by atoms with Crippen molar-refractivity contribution in [3.05, 3.63) is 91.1 Å². The quantitative estimate of drug-likeness (QED) is 0.212. The maximum Gasteiger partial charge on any atom is 0.238 e. The second-order valence-corrected chi connectivity index (χ2v) is 11.6. The van der Waals surface area contributed by atoms with E-state index in [1.165, 1.54) is 23.1 Å². The van der Waals surface area contributed by atoms with Crippen molar-refractivity contribution in [3.63, 3.8) is 0 Å². The molecular weight excluding hydrogens is 605 g/mol. The number of phenols is 1. The predicted molar refractivity (Wildman–Crippen MR) is 146 cm³/mol. The lowest BCUT2D eigenvalue weighted by atomic mass is 9.59. The van der Waals surface area contributed by atoms with Gasteiger partial charge in [-0.2, -0.15) is 0 Å². The van der Waals surface area contributed by atoms with Crippen LogP contribution in [0.5, 0.6) is 5.75 Å². The van der Waals surface area contributed by atoms with Crippen LogP contribution in [0, 0.1) is 21.3 Å². The van der Waals surface area contributed by atoms with Gasteiger partial charge in [0, 0.05) is 31.2 Å². The van der Waals surface area contributed by atoms with E-state index in [2.05, 4.69) is 22.6 Å². The van der Waals surface area contributed by atoms with Gasteiger partial charge in [0.15, 0.2) is 11.6 Å². The van der Waals surface area contributed by atoms with Crippen LogP contribution in [-0.4, -0.2) is 28.5 Å². The Morgan fingerprint density at radius 2 is 1.73 bits per heavy atom. The monoisotopic (exact) mass is 625 g/mol. The highest BCUT2D eigenvalue weighted by Gasteiger charge is 2.56. The molecule has 0 spiro atoms. The molecule has 37 heavy (non-hydrogen) atoms. The van der Waals surface area contributed by atoms with Gasteiger partial charge in [0.1, 0.15) is 5.75 Å². The number of allylic oxidation sites excluding steroid dienone is 6. The van der Waals surface area contributed by atoms with Gasteiger partial charge < -0.3 is 5.11 Å². The Morgan fingerprint density at radius 1 is 1.00 bits per heavy atom. The first-order chi connectivity index (χ1) is 17.7. The first kappa shape index (κ1) is 24.3. The number of phenolic OH excluding ortho intramolecular Hbond substituents is 1. The Labute approximate surface area is 231 Å². The topological polar surface area (TPSA) is 91.8 Å². The van der Waals surface area contributed by atoms with Crippen LogP contribution in [0.3, 0.4) is 0 Å². The number of Topliss-reactive ketones (excluding diaryl/α,β-unsaturated/α-hetero) is 1. The predicted octanol–water partition coefficient (Wildman–Crippen LogP) is 5.28. The standard InChI is InChI=1S/C29H21ClINO5/c1-13-10-23(34)21-12-20-17(24(26(21)27(13)35)18-7-6-16(33)11-22(18)30)8-9-19-25(20)29(37)32(28(19)36)15-4-2-14(31)3-5-15/h2-8,10-11,19-20,24-25,33H,9,12H2,1H3. The fraction of sp³-hybridized carbons (Fsp3) is 0.241. The molecule has 1 aliphatic heterocycles. The number of amides is 2. The molecular formula is C29H21ClINO5. The van der Waals surface area contributed by atoms with Crippen molar-refractivity contribution >= 4 is 63.3 Å². The smallest absolute Gasteiger partial charge is 0.238 e. The second-order valence-electron chi connectivity index (χ2n) is 9.92. The third kappa shape index (κ3) is 3.66. The third-order valence-corrected chi connectivity index (χ3v) is 8.99. The van der Waals surface area contributed by atoms with Crippen LogP contribution in [0.25, 0.3) is 0 Å². The summed E-state index contributed by atoms with van der Waals surface area (Å²) in [6, 6.07) is 11.8. The molecule has 6 rings (SSSR count). The number of nitrogens with zero attached hydrogens (tertiary/aromatic N) is 1. The number of rotatable bonds is 2. The minimum absolute atomic E-state index is 0.0140. The van der Waals surface area contributed by atoms with Gasteiger partial charge >= 0.3 is 0 Å². The minimum Gasteiger partial charge on any atom is -0.508 e. The molecule has 2 aromatic rings. The third-order valence-electron chi connectivity index (χ3n) is 7.94. The molecule has 1 heterocycles. The summed E-state index contributed by atoms with van der Waals surface area (Å²) in [6.07, 6.45) is 3.87. The molecule has 8 heteroatoms. The van der Waals surface area contributed by atoms with Crippen molar-refractivity contribution < 1.29 is 24.3 Å². The SMILES string of the molecule is CC1=CC(=O)C2=C(C1=O)C(c1ccc(O)cc1Cl)C1=CCC3C(=O)N(c4ccc(I)cc4)C(=O)C3C1C2. The molecule has 6 nitrogen and oxygen atoms in total. The summed E-state index contributed by atoms with van der Waals surface area (Å²) < 4.78 is 0.992. The van der Waals surface area contributed by atoms with E-state index in [0.29, 0.717) is 34.4 Å². The maximum atomic E-state index is 13.8. The molecule has 1 fully saturated rings. The van der Waals surface area contributed by atoms with Gasteiger partial charge in [-0.15, -0.1) is 0 Å². The summed E-state index contributed by atoms with van der Waals surface area (Å²) in [5.74, 6) is -3.27. The van der Waals surface area contributed by atoms with Crippen molar-refractivity contribution in [2.24, 2.45) is 17.8 Å². The number of carbonyl (C=O) groups excluding carboxylic acids is 4. The summed E-state index contributed by atoms with van der Waals surface area (Å²) >= 11 is 8.74. The Bertz CT molecular complexity index is 1520. The Morgan fingerprint density at radius 3 is 2.43 bits per heavy atom. The summed E-state index contributed by atoms with van der Waals surface area (Å²) in [5, 5.41) is 10.2. The van der Waals surface area contributed by atoms with Crippen LogP contribution < -0.4 is 4.90 Å². The van der Waals surface area contributed by atoms with Gasteiger partial charge in [0.25, 0.3) is 0 Å². The number of ketones is 2. The average molecular weight is 626 g/mol. The molecule has 4 atom stereocenters. The molecule has 0 aromatic heterocycles. The fourth-order valence-corrected chi connectivity index (χ4v) is 6.95. The molecule has 2 aromatic carbocycles. The Hall–Kier alpha value is -3.04. The summed E-state index contributed by atoms with van der Waals surface area (Å²) in [7, 11) is 0. The lowest BCUT2D eigenvalue weighted by Gasteiger charge is -2.42. The Kier molecular flexibility index (Phi) is 5.76. The molecule has 4 aliphatic rings. The number of hydrogen-bond donors (Lipinski definition) is 1. The molecule has 1 N–H and O–H groups in total. The number of aromatic hydroxyl groups is 1. The highest BCUT2D eigenvalue weighted by atomic mass is 127. The van der Waals surface area contributed by atoms with Gasteiger partial charge in [0.2, 0.25) is 11.8 Å². The van der Waals surface area contributed by atoms with Crippen LogP contribution in [0.15, 0.2) is 76.9 Å². The van der Waals surface area contributed by atoms with Crippen molar-refractivity contribution in [1.29, 1.82) is 0 Å². The van der Waals surface area contributed by atoms with Gasteiger partial charge in [-0.1, -0.05) is 29.3 Å². The molecule has 186 valence electrons. The first-order valence-corrected chi connectivity index (χ1v) is 13.4. The van der Waals surface area contributed by atoms with E-state index in [-0.39, 0.29) is 40.6 Å². The molecule has 4 unspecified atom stereocenters. The van der Waals surface area contributed by atoms with Gasteiger partial charge in [-0.25, -0.2) is 0 Å². The number of fused-ring (bicyclic) bond motifs is 3. The van der Waals surface area contributed by atoms with E-state index < -0.39 is 23.7 Å². The highest BCUT2D eigenvalue weighted by Crippen LogP contribution is 2.56. The number of halogens is 2. The van der Waals surface area contributed by atoms with E-state index in [1.54, 1.807) is 25.1 Å².